The number of rotatable bonds is 6. The van der Waals surface area contributed by atoms with Crippen LogP contribution >= 0.6 is 23.6 Å². The van der Waals surface area contributed by atoms with Gasteiger partial charge in [0.25, 0.3) is 0 Å². The minimum atomic E-state index is 0.512. The van der Waals surface area contributed by atoms with E-state index in [1.54, 1.807) is 17.5 Å². The first-order chi connectivity index (χ1) is 9.15. The Labute approximate surface area is 121 Å². The van der Waals surface area contributed by atoms with Gasteiger partial charge in [0.2, 0.25) is 5.13 Å². The van der Waals surface area contributed by atoms with E-state index in [4.69, 9.17) is 18.0 Å². The van der Waals surface area contributed by atoms with Gasteiger partial charge in [-0.1, -0.05) is 29.6 Å². The van der Waals surface area contributed by atoms with Crippen molar-refractivity contribution >= 4 is 33.7 Å². The largest absolute Gasteiger partial charge is 0.393 e. The van der Waals surface area contributed by atoms with Crippen LogP contribution in [-0.4, -0.2) is 26.7 Å². The fourth-order valence-electron chi connectivity index (χ4n) is 1.61. The molecule has 5 nitrogen and oxygen atoms in total. The zero-order valence-corrected chi connectivity index (χ0v) is 12.2. The van der Waals surface area contributed by atoms with Crippen LogP contribution < -0.4 is 10.6 Å². The van der Waals surface area contributed by atoms with Crippen LogP contribution in [0.25, 0.3) is 0 Å². The molecule has 0 fully saturated rings. The predicted octanol–water partition coefficient (Wildman–Crippen LogP) is 1.92. The van der Waals surface area contributed by atoms with E-state index in [0.717, 1.165) is 28.8 Å². The molecule has 0 aromatic carbocycles. The van der Waals surface area contributed by atoms with Gasteiger partial charge in [-0.2, -0.15) is 0 Å². The molecule has 2 rings (SSSR count). The molecule has 7 heteroatoms. The van der Waals surface area contributed by atoms with Gasteiger partial charge >= 0.3 is 0 Å². The second-order valence-electron chi connectivity index (χ2n) is 4.10. The Morgan fingerprint density at radius 2 is 2.32 bits per heavy atom. The Balaban J connectivity index is 2.12. The molecule has 0 aliphatic rings. The molecule has 2 aromatic heterocycles. The van der Waals surface area contributed by atoms with Crippen molar-refractivity contribution < 1.29 is 0 Å². The lowest BCUT2D eigenvalue weighted by Crippen LogP contribution is -2.27. The number of thiocarbonyl (C=S) groups is 1. The van der Waals surface area contributed by atoms with Crippen molar-refractivity contribution in [3.8, 4) is 0 Å². The summed E-state index contributed by atoms with van der Waals surface area (Å²) in [5.74, 6) is 0. The lowest BCUT2D eigenvalue weighted by atomic mass is 10.2. The van der Waals surface area contributed by atoms with Crippen molar-refractivity contribution in [2.45, 2.75) is 19.9 Å². The normalized spacial score (nSPS) is 10.4. The molecule has 100 valence electrons. The fraction of sp³-hybridized carbons (Fsp3) is 0.333. The Hall–Kier alpha value is -1.60. The molecule has 0 spiro atoms. The Morgan fingerprint density at radius 1 is 1.47 bits per heavy atom. The van der Waals surface area contributed by atoms with E-state index in [0.29, 0.717) is 11.4 Å². The highest BCUT2D eigenvalue weighted by molar-refractivity contribution is 7.80. The summed E-state index contributed by atoms with van der Waals surface area (Å²) in [5.41, 5.74) is 6.70. The Morgan fingerprint density at radius 3 is 2.89 bits per heavy atom. The summed E-state index contributed by atoms with van der Waals surface area (Å²) < 4.78 is 0. The fourth-order valence-corrected chi connectivity index (χ4v) is 2.42. The predicted molar refractivity (Wildman–Crippen MR) is 81.3 cm³/mol. The second-order valence-corrected chi connectivity index (χ2v) is 5.79. The van der Waals surface area contributed by atoms with Gasteiger partial charge in [-0.25, -0.2) is 0 Å². The molecule has 2 heterocycles. The number of aromatic nitrogens is 3. The van der Waals surface area contributed by atoms with Gasteiger partial charge in [-0.05, 0) is 18.6 Å². The van der Waals surface area contributed by atoms with E-state index in [1.807, 2.05) is 25.3 Å². The number of nitrogens with zero attached hydrogens (tertiary/aromatic N) is 4. The van der Waals surface area contributed by atoms with Crippen molar-refractivity contribution in [3.63, 3.8) is 0 Å². The maximum atomic E-state index is 5.58. The minimum absolute atomic E-state index is 0.512. The van der Waals surface area contributed by atoms with Crippen LogP contribution in [0.2, 0.25) is 0 Å². The first kappa shape index (κ1) is 13.8. The summed E-state index contributed by atoms with van der Waals surface area (Å²) in [7, 11) is 0. The molecule has 0 radical (unpaired) electrons. The van der Waals surface area contributed by atoms with E-state index in [-0.39, 0.29) is 0 Å². The Bertz CT molecular complexity index is 540. The number of nitrogens with two attached hydrogens (primary N) is 1. The average Bonchev–Trinajstić information content (AvgIpc) is 2.82. The summed E-state index contributed by atoms with van der Waals surface area (Å²) in [6.07, 6.45) is 4.27. The molecule has 0 atom stereocenters. The van der Waals surface area contributed by atoms with E-state index in [2.05, 4.69) is 20.1 Å². The molecular weight excluding hydrogens is 278 g/mol. The van der Waals surface area contributed by atoms with E-state index in [9.17, 15) is 0 Å². The molecule has 0 saturated heterocycles. The van der Waals surface area contributed by atoms with Gasteiger partial charge in [-0.15, -0.1) is 10.2 Å². The van der Waals surface area contributed by atoms with Crippen LogP contribution in [0.3, 0.4) is 0 Å². The van der Waals surface area contributed by atoms with Gasteiger partial charge in [0.15, 0.2) is 0 Å². The zero-order valence-electron chi connectivity index (χ0n) is 10.6. The van der Waals surface area contributed by atoms with Gasteiger partial charge < -0.3 is 10.6 Å². The molecule has 0 aliphatic heterocycles. The number of aryl methyl sites for hydroxylation is 1. The topological polar surface area (TPSA) is 67.9 Å². The summed E-state index contributed by atoms with van der Waals surface area (Å²) in [6.45, 7) is 3.40. The maximum Gasteiger partial charge on any atom is 0.208 e. The lowest BCUT2D eigenvalue weighted by molar-refractivity contribution is 0.789. The number of hydrogen-bond acceptors (Lipinski definition) is 6. The highest BCUT2D eigenvalue weighted by Gasteiger charge is 2.12. The first-order valence-electron chi connectivity index (χ1n) is 5.87. The molecule has 0 amide bonds. The summed E-state index contributed by atoms with van der Waals surface area (Å²) in [4.78, 5) is 6.76. The molecular formula is C12H15N5S2. The average molecular weight is 293 g/mol. The molecule has 2 N–H and O–H groups in total. The van der Waals surface area contributed by atoms with Gasteiger partial charge in [0.1, 0.15) is 5.01 Å². The smallest absolute Gasteiger partial charge is 0.208 e. The molecule has 0 bridgehead atoms. The molecule has 2 aromatic rings. The minimum Gasteiger partial charge on any atom is -0.393 e. The molecule has 0 saturated carbocycles. The molecule has 19 heavy (non-hydrogen) atoms. The van der Waals surface area contributed by atoms with E-state index in [1.165, 1.54) is 0 Å². The van der Waals surface area contributed by atoms with Crippen molar-refractivity contribution in [1.29, 1.82) is 0 Å². The van der Waals surface area contributed by atoms with Crippen molar-refractivity contribution in [2.75, 3.05) is 11.4 Å². The van der Waals surface area contributed by atoms with Gasteiger partial charge in [0.05, 0.1) is 4.99 Å². The van der Waals surface area contributed by atoms with Crippen LogP contribution in [0.5, 0.6) is 0 Å². The number of anilines is 1. The van der Waals surface area contributed by atoms with Crippen molar-refractivity contribution in [2.24, 2.45) is 5.73 Å². The van der Waals surface area contributed by atoms with Crippen LogP contribution in [0, 0.1) is 6.92 Å². The number of pyridine rings is 1. The van der Waals surface area contributed by atoms with Crippen LogP contribution in [0.1, 0.15) is 17.0 Å². The van der Waals surface area contributed by atoms with Crippen molar-refractivity contribution in [1.82, 2.24) is 15.2 Å². The lowest BCUT2D eigenvalue weighted by Gasteiger charge is -2.20. The SMILES string of the molecule is Cc1nnc(N(CCC(N)=S)Cc2cccnc2)s1. The van der Waals surface area contributed by atoms with Crippen LogP contribution in [0.4, 0.5) is 5.13 Å². The van der Waals surface area contributed by atoms with Crippen molar-refractivity contribution in [3.05, 3.63) is 35.1 Å². The summed E-state index contributed by atoms with van der Waals surface area (Å²) in [6, 6.07) is 3.96. The molecule has 0 unspecified atom stereocenters. The third kappa shape index (κ3) is 4.22. The Kier molecular flexibility index (Phi) is 4.75. The third-order valence-electron chi connectivity index (χ3n) is 2.51. The highest BCUT2D eigenvalue weighted by Crippen LogP contribution is 2.21. The molecule has 0 aliphatic carbocycles. The van der Waals surface area contributed by atoms with E-state index >= 15 is 0 Å². The quantitative estimate of drug-likeness (QED) is 0.821. The van der Waals surface area contributed by atoms with E-state index < -0.39 is 0 Å². The standard InChI is InChI=1S/C12H15N5S2/c1-9-15-16-12(19-9)17(6-4-11(13)18)8-10-3-2-5-14-7-10/h2-3,5,7H,4,6,8H2,1H3,(H2,13,18). The third-order valence-corrected chi connectivity index (χ3v) is 3.61. The van der Waals surface area contributed by atoms with Crippen LogP contribution in [-0.2, 0) is 6.54 Å². The first-order valence-corrected chi connectivity index (χ1v) is 7.10. The second kappa shape index (κ2) is 6.53. The van der Waals surface area contributed by atoms with Gasteiger partial charge in [-0.3, -0.25) is 4.98 Å². The summed E-state index contributed by atoms with van der Waals surface area (Å²) >= 11 is 6.51. The zero-order chi connectivity index (χ0) is 13.7. The van der Waals surface area contributed by atoms with Gasteiger partial charge in [0, 0.05) is 31.9 Å². The highest BCUT2D eigenvalue weighted by atomic mass is 32.1. The summed E-state index contributed by atoms with van der Waals surface area (Å²) in [5, 5.41) is 10.1. The van der Waals surface area contributed by atoms with Crippen LogP contribution in [0.15, 0.2) is 24.5 Å². The monoisotopic (exact) mass is 293 g/mol. The number of hydrogen-bond donors (Lipinski definition) is 1. The maximum absolute atomic E-state index is 5.58.